The maximum atomic E-state index is 5.45. The lowest BCUT2D eigenvalue weighted by molar-refractivity contribution is 0.251. The summed E-state index contributed by atoms with van der Waals surface area (Å²) in [5.41, 5.74) is 2.54. The van der Waals surface area contributed by atoms with E-state index in [4.69, 9.17) is 9.73 Å². The molecular formula is C23H36N6O. The number of aromatic nitrogens is 2. The molecule has 0 bridgehead atoms. The van der Waals surface area contributed by atoms with Crippen molar-refractivity contribution in [2.45, 2.75) is 38.6 Å². The van der Waals surface area contributed by atoms with E-state index in [-0.39, 0.29) is 6.04 Å². The van der Waals surface area contributed by atoms with Crippen LogP contribution >= 0.6 is 0 Å². The molecule has 164 valence electrons. The van der Waals surface area contributed by atoms with E-state index in [0.717, 1.165) is 57.3 Å². The third kappa shape index (κ3) is 6.49. The predicted octanol–water partition coefficient (Wildman–Crippen LogP) is 2.75. The number of ether oxygens (including phenoxy) is 1. The van der Waals surface area contributed by atoms with E-state index in [1.54, 1.807) is 7.11 Å². The Morgan fingerprint density at radius 3 is 2.80 bits per heavy atom. The summed E-state index contributed by atoms with van der Waals surface area (Å²) in [6.45, 7) is 6.83. The Kier molecular flexibility index (Phi) is 8.56. The van der Waals surface area contributed by atoms with Crippen LogP contribution in [0.1, 0.15) is 43.4 Å². The van der Waals surface area contributed by atoms with E-state index in [0.29, 0.717) is 0 Å². The van der Waals surface area contributed by atoms with Crippen LogP contribution in [-0.4, -0.2) is 60.5 Å². The average molecular weight is 413 g/mol. The summed E-state index contributed by atoms with van der Waals surface area (Å²) in [5.74, 6) is 1.79. The number of hydrogen-bond acceptors (Lipinski definition) is 4. The Morgan fingerprint density at radius 1 is 1.27 bits per heavy atom. The van der Waals surface area contributed by atoms with Gasteiger partial charge in [-0.2, -0.15) is 5.10 Å². The number of hydrogen-bond donors (Lipinski definition) is 2. The molecule has 1 saturated heterocycles. The van der Waals surface area contributed by atoms with Crippen LogP contribution in [0.4, 0.5) is 0 Å². The minimum atomic E-state index is 0.272. The molecule has 0 amide bonds. The van der Waals surface area contributed by atoms with Crippen LogP contribution in [0.2, 0.25) is 0 Å². The van der Waals surface area contributed by atoms with Crippen molar-refractivity contribution in [3.8, 4) is 5.75 Å². The minimum Gasteiger partial charge on any atom is -0.497 e. The molecule has 3 rings (SSSR count). The zero-order valence-electron chi connectivity index (χ0n) is 18.6. The predicted molar refractivity (Wildman–Crippen MR) is 122 cm³/mol. The smallest absolute Gasteiger partial charge is 0.191 e. The van der Waals surface area contributed by atoms with Crippen LogP contribution < -0.4 is 15.4 Å². The van der Waals surface area contributed by atoms with Crippen LogP contribution in [0.3, 0.4) is 0 Å². The van der Waals surface area contributed by atoms with Crippen molar-refractivity contribution in [3.63, 3.8) is 0 Å². The Hall–Kier alpha value is -2.54. The lowest BCUT2D eigenvalue weighted by Crippen LogP contribution is -2.39. The number of nitrogens with one attached hydrogen (secondary N) is 2. The van der Waals surface area contributed by atoms with Gasteiger partial charge in [-0.05, 0) is 69.0 Å². The molecule has 2 heterocycles. The summed E-state index contributed by atoms with van der Waals surface area (Å²) in [7, 11) is 3.68. The highest BCUT2D eigenvalue weighted by molar-refractivity contribution is 5.79. The monoisotopic (exact) mass is 412 g/mol. The van der Waals surface area contributed by atoms with Crippen molar-refractivity contribution >= 4 is 5.96 Å². The van der Waals surface area contributed by atoms with E-state index in [2.05, 4.69) is 52.0 Å². The standard InChI is InChI=1S/C23H36N6O/c1-4-24-23(25-12-8-9-19-16-27-28(2)18-19)26-17-22(29-13-5-6-14-29)20-10-7-11-21(15-20)30-3/h7,10-11,15-16,18,22H,4-6,8-9,12-14,17H2,1-3H3,(H2,24,25,26). The molecule has 1 aromatic heterocycles. The molecule has 1 fully saturated rings. The van der Waals surface area contributed by atoms with Gasteiger partial charge in [-0.1, -0.05) is 12.1 Å². The molecule has 7 heteroatoms. The van der Waals surface area contributed by atoms with Gasteiger partial charge < -0.3 is 15.4 Å². The van der Waals surface area contributed by atoms with Gasteiger partial charge in [-0.3, -0.25) is 14.6 Å². The maximum absolute atomic E-state index is 5.45. The summed E-state index contributed by atoms with van der Waals surface area (Å²) in [4.78, 5) is 7.48. The second-order valence-corrected chi connectivity index (χ2v) is 7.81. The van der Waals surface area contributed by atoms with Gasteiger partial charge in [0.05, 0.1) is 25.9 Å². The van der Waals surface area contributed by atoms with Gasteiger partial charge in [-0.15, -0.1) is 0 Å². The highest BCUT2D eigenvalue weighted by atomic mass is 16.5. The van der Waals surface area contributed by atoms with E-state index >= 15 is 0 Å². The highest BCUT2D eigenvalue weighted by Crippen LogP contribution is 2.27. The molecular weight excluding hydrogens is 376 g/mol. The molecule has 0 saturated carbocycles. The fraction of sp³-hybridized carbons (Fsp3) is 0.565. The molecule has 1 atom stereocenters. The molecule has 2 aromatic rings. The summed E-state index contributed by atoms with van der Waals surface area (Å²) >= 11 is 0. The van der Waals surface area contributed by atoms with Crippen molar-refractivity contribution < 1.29 is 4.74 Å². The number of nitrogens with zero attached hydrogens (tertiary/aromatic N) is 4. The first-order valence-electron chi connectivity index (χ1n) is 11.1. The molecule has 7 nitrogen and oxygen atoms in total. The maximum Gasteiger partial charge on any atom is 0.191 e. The zero-order chi connectivity index (χ0) is 21.2. The fourth-order valence-corrected chi connectivity index (χ4v) is 3.95. The molecule has 1 aliphatic rings. The Bertz CT molecular complexity index is 796. The number of methoxy groups -OCH3 is 1. The van der Waals surface area contributed by atoms with Gasteiger partial charge >= 0.3 is 0 Å². The summed E-state index contributed by atoms with van der Waals surface area (Å²) in [6, 6.07) is 8.68. The van der Waals surface area contributed by atoms with Crippen molar-refractivity contribution in [1.29, 1.82) is 0 Å². The van der Waals surface area contributed by atoms with Crippen LogP contribution in [0.15, 0.2) is 41.7 Å². The molecule has 0 aliphatic carbocycles. The number of aliphatic imine (C=N–C) groups is 1. The van der Waals surface area contributed by atoms with E-state index < -0.39 is 0 Å². The second kappa shape index (κ2) is 11.6. The number of guanidine groups is 1. The first kappa shape index (κ1) is 22.2. The zero-order valence-corrected chi connectivity index (χ0v) is 18.6. The lowest BCUT2D eigenvalue weighted by atomic mass is 10.1. The van der Waals surface area contributed by atoms with Crippen LogP contribution in [0.25, 0.3) is 0 Å². The molecule has 2 N–H and O–H groups in total. The van der Waals surface area contributed by atoms with Gasteiger partial charge in [0.1, 0.15) is 5.75 Å². The van der Waals surface area contributed by atoms with Gasteiger partial charge in [0.25, 0.3) is 0 Å². The Balaban J connectivity index is 1.61. The van der Waals surface area contributed by atoms with Crippen molar-refractivity contribution in [2.75, 3.05) is 39.8 Å². The van der Waals surface area contributed by atoms with Crippen molar-refractivity contribution in [2.24, 2.45) is 12.0 Å². The quantitative estimate of drug-likeness (QED) is 0.357. The fourth-order valence-electron chi connectivity index (χ4n) is 3.95. The number of aryl methyl sites for hydroxylation is 2. The minimum absolute atomic E-state index is 0.272. The molecule has 1 aromatic carbocycles. The molecule has 0 radical (unpaired) electrons. The topological polar surface area (TPSA) is 66.7 Å². The lowest BCUT2D eigenvalue weighted by Gasteiger charge is -2.27. The average Bonchev–Trinajstić information content (AvgIpc) is 3.43. The molecule has 30 heavy (non-hydrogen) atoms. The van der Waals surface area contributed by atoms with Gasteiger partial charge in [0.15, 0.2) is 5.96 Å². The highest BCUT2D eigenvalue weighted by Gasteiger charge is 2.23. The SMILES string of the molecule is CCNC(=NCC(c1cccc(OC)c1)N1CCCC1)NCCCc1cnn(C)c1. The van der Waals surface area contributed by atoms with Gasteiger partial charge in [0, 0.05) is 26.3 Å². The van der Waals surface area contributed by atoms with E-state index in [1.165, 1.54) is 24.0 Å². The Morgan fingerprint density at radius 2 is 2.10 bits per heavy atom. The number of likely N-dealkylation sites (tertiary alicyclic amines) is 1. The third-order valence-corrected chi connectivity index (χ3v) is 5.52. The van der Waals surface area contributed by atoms with E-state index in [1.807, 2.05) is 24.0 Å². The Labute approximate surface area is 180 Å². The van der Waals surface area contributed by atoms with Crippen LogP contribution in [0, 0.1) is 0 Å². The first-order valence-corrected chi connectivity index (χ1v) is 11.1. The largest absolute Gasteiger partial charge is 0.497 e. The number of rotatable bonds is 10. The molecule has 1 aliphatic heterocycles. The van der Waals surface area contributed by atoms with E-state index in [9.17, 15) is 0 Å². The second-order valence-electron chi connectivity index (χ2n) is 7.81. The van der Waals surface area contributed by atoms with Crippen LogP contribution in [-0.2, 0) is 13.5 Å². The first-order chi connectivity index (χ1) is 14.7. The third-order valence-electron chi connectivity index (χ3n) is 5.52. The van der Waals surface area contributed by atoms with Gasteiger partial charge in [0.2, 0.25) is 0 Å². The van der Waals surface area contributed by atoms with Crippen molar-refractivity contribution in [1.82, 2.24) is 25.3 Å². The number of benzene rings is 1. The van der Waals surface area contributed by atoms with Gasteiger partial charge in [-0.25, -0.2) is 0 Å². The summed E-state index contributed by atoms with van der Waals surface area (Å²) in [6.07, 6.45) is 8.60. The normalized spacial score (nSPS) is 15.9. The summed E-state index contributed by atoms with van der Waals surface area (Å²) in [5, 5.41) is 11.1. The molecule has 0 spiro atoms. The van der Waals surface area contributed by atoms with Crippen LogP contribution in [0.5, 0.6) is 5.75 Å². The summed E-state index contributed by atoms with van der Waals surface area (Å²) < 4.78 is 7.30. The molecule has 1 unspecified atom stereocenters. The van der Waals surface area contributed by atoms with Crippen molar-refractivity contribution in [3.05, 3.63) is 47.8 Å².